The third-order valence-electron chi connectivity index (χ3n) is 3.52. The molecule has 0 aliphatic carbocycles. The van der Waals surface area contributed by atoms with Crippen LogP contribution in [-0.2, 0) is 7.05 Å². The van der Waals surface area contributed by atoms with Crippen molar-refractivity contribution in [3.05, 3.63) is 16.9 Å². The maximum Gasteiger partial charge on any atom is 0.115 e. The van der Waals surface area contributed by atoms with Gasteiger partial charge in [-0.25, -0.2) is 0 Å². The van der Waals surface area contributed by atoms with Crippen molar-refractivity contribution in [2.45, 2.75) is 31.9 Å². The van der Waals surface area contributed by atoms with E-state index in [1.807, 2.05) is 32.8 Å². The molecule has 0 aromatic carbocycles. The standard InChI is InChI=1S/C11H20ClN3O/c1-6-11(2,14(3)4)10(16)9-8(12)7-13-15(9)5/h7,10,16H,6H2,1-5H3. The zero-order valence-electron chi connectivity index (χ0n) is 10.5. The monoisotopic (exact) mass is 245 g/mol. The number of rotatable bonds is 4. The molecule has 0 fully saturated rings. The van der Waals surface area contributed by atoms with Gasteiger partial charge in [0.05, 0.1) is 16.9 Å². The normalized spacial score (nSPS) is 17.5. The fourth-order valence-corrected chi connectivity index (χ4v) is 2.05. The molecule has 0 spiro atoms. The number of aliphatic hydroxyl groups excluding tert-OH is 1. The van der Waals surface area contributed by atoms with Gasteiger partial charge in [-0.3, -0.25) is 4.68 Å². The van der Waals surface area contributed by atoms with Crippen LogP contribution in [0, 0.1) is 0 Å². The Hall–Kier alpha value is -0.580. The molecule has 0 saturated carbocycles. The minimum Gasteiger partial charge on any atom is -0.385 e. The summed E-state index contributed by atoms with van der Waals surface area (Å²) in [5, 5.41) is 15.0. The van der Waals surface area contributed by atoms with Crippen LogP contribution in [-0.4, -0.2) is 39.4 Å². The Balaban J connectivity index is 3.14. The van der Waals surface area contributed by atoms with Gasteiger partial charge in [-0.05, 0) is 27.4 Å². The minimum atomic E-state index is -0.660. The molecule has 2 unspecified atom stereocenters. The van der Waals surface area contributed by atoms with E-state index in [9.17, 15) is 5.11 Å². The van der Waals surface area contributed by atoms with Crippen molar-refractivity contribution in [1.29, 1.82) is 0 Å². The van der Waals surface area contributed by atoms with Crippen LogP contribution in [0.2, 0.25) is 5.02 Å². The molecule has 1 heterocycles. The van der Waals surface area contributed by atoms with Gasteiger partial charge in [0.2, 0.25) is 0 Å². The first-order valence-electron chi connectivity index (χ1n) is 5.37. The zero-order valence-corrected chi connectivity index (χ0v) is 11.3. The van der Waals surface area contributed by atoms with E-state index in [-0.39, 0.29) is 5.54 Å². The minimum absolute atomic E-state index is 0.350. The van der Waals surface area contributed by atoms with E-state index in [4.69, 9.17) is 11.6 Å². The van der Waals surface area contributed by atoms with E-state index >= 15 is 0 Å². The van der Waals surface area contributed by atoms with Crippen LogP contribution < -0.4 is 0 Å². The maximum absolute atomic E-state index is 10.5. The van der Waals surface area contributed by atoms with E-state index in [2.05, 4.69) is 5.10 Å². The number of nitrogens with zero attached hydrogens (tertiary/aromatic N) is 3. The molecule has 0 saturated heterocycles. The van der Waals surface area contributed by atoms with E-state index < -0.39 is 6.10 Å². The topological polar surface area (TPSA) is 41.3 Å². The quantitative estimate of drug-likeness (QED) is 0.880. The molecule has 1 aromatic heterocycles. The Morgan fingerprint density at radius 1 is 1.62 bits per heavy atom. The second-order valence-electron chi connectivity index (χ2n) is 4.51. The highest BCUT2D eigenvalue weighted by Crippen LogP contribution is 2.35. The second kappa shape index (κ2) is 4.73. The summed E-state index contributed by atoms with van der Waals surface area (Å²) in [5.41, 5.74) is 0.317. The van der Waals surface area contributed by atoms with Gasteiger partial charge in [0, 0.05) is 12.6 Å². The van der Waals surface area contributed by atoms with Crippen LogP contribution in [0.1, 0.15) is 32.1 Å². The Bertz CT molecular complexity index is 345. The van der Waals surface area contributed by atoms with Gasteiger partial charge in [0.25, 0.3) is 0 Å². The van der Waals surface area contributed by atoms with Crippen molar-refractivity contribution >= 4 is 11.6 Å². The lowest BCUT2D eigenvalue weighted by atomic mass is 9.88. The van der Waals surface area contributed by atoms with Crippen LogP contribution in [0.5, 0.6) is 0 Å². The summed E-state index contributed by atoms with van der Waals surface area (Å²) in [4.78, 5) is 2.01. The maximum atomic E-state index is 10.5. The summed E-state index contributed by atoms with van der Waals surface area (Å²) in [6, 6.07) is 0. The number of aryl methyl sites for hydroxylation is 1. The molecular formula is C11H20ClN3O. The lowest BCUT2D eigenvalue weighted by Gasteiger charge is -2.39. The van der Waals surface area contributed by atoms with Gasteiger partial charge in [-0.2, -0.15) is 5.10 Å². The van der Waals surface area contributed by atoms with E-state index in [1.54, 1.807) is 17.9 Å². The predicted octanol–water partition coefficient (Wildman–Crippen LogP) is 1.84. The zero-order chi connectivity index (χ0) is 12.5. The number of halogens is 1. The van der Waals surface area contributed by atoms with Crippen LogP contribution in [0.25, 0.3) is 0 Å². The molecule has 0 aliphatic heterocycles. The van der Waals surface area contributed by atoms with Crippen LogP contribution in [0.4, 0.5) is 0 Å². The summed E-state index contributed by atoms with van der Waals surface area (Å²) in [6.07, 6.45) is 1.72. The molecule has 0 aliphatic rings. The second-order valence-corrected chi connectivity index (χ2v) is 4.92. The molecule has 0 radical (unpaired) electrons. The number of hydrogen-bond donors (Lipinski definition) is 1. The van der Waals surface area contributed by atoms with Gasteiger partial charge in [0.15, 0.2) is 0 Å². The molecule has 16 heavy (non-hydrogen) atoms. The van der Waals surface area contributed by atoms with Crippen molar-refractivity contribution in [3.63, 3.8) is 0 Å². The third-order valence-corrected chi connectivity index (χ3v) is 3.81. The summed E-state index contributed by atoms with van der Waals surface area (Å²) in [5.74, 6) is 0. The Labute approximate surface area is 102 Å². The van der Waals surface area contributed by atoms with Crippen LogP contribution in [0.3, 0.4) is 0 Å². The van der Waals surface area contributed by atoms with Crippen LogP contribution >= 0.6 is 11.6 Å². The number of hydrogen-bond acceptors (Lipinski definition) is 3. The van der Waals surface area contributed by atoms with Crippen molar-refractivity contribution in [2.75, 3.05) is 14.1 Å². The average Bonchev–Trinajstić information content (AvgIpc) is 2.56. The smallest absolute Gasteiger partial charge is 0.115 e. The van der Waals surface area contributed by atoms with Gasteiger partial charge in [-0.1, -0.05) is 18.5 Å². The van der Waals surface area contributed by atoms with Crippen molar-refractivity contribution in [3.8, 4) is 0 Å². The Morgan fingerprint density at radius 2 is 2.19 bits per heavy atom. The van der Waals surface area contributed by atoms with Crippen LogP contribution in [0.15, 0.2) is 6.20 Å². The molecule has 0 amide bonds. The largest absolute Gasteiger partial charge is 0.385 e. The van der Waals surface area contributed by atoms with E-state index in [0.29, 0.717) is 10.7 Å². The molecular weight excluding hydrogens is 226 g/mol. The molecule has 1 N–H and O–H groups in total. The fraction of sp³-hybridized carbons (Fsp3) is 0.727. The summed E-state index contributed by atoms with van der Waals surface area (Å²) >= 11 is 6.05. The number of likely N-dealkylation sites (N-methyl/N-ethyl adjacent to an activating group) is 1. The predicted molar refractivity (Wildman–Crippen MR) is 65.6 cm³/mol. The Morgan fingerprint density at radius 3 is 2.50 bits per heavy atom. The molecule has 4 nitrogen and oxygen atoms in total. The Kier molecular flexibility index (Phi) is 3.99. The number of aliphatic hydroxyl groups is 1. The molecule has 0 bridgehead atoms. The van der Waals surface area contributed by atoms with Gasteiger partial charge in [-0.15, -0.1) is 0 Å². The first-order valence-corrected chi connectivity index (χ1v) is 5.75. The number of aromatic nitrogens is 2. The van der Waals surface area contributed by atoms with E-state index in [0.717, 1.165) is 6.42 Å². The summed E-state index contributed by atoms with van der Waals surface area (Å²) in [6.45, 7) is 4.06. The average molecular weight is 246 g/mol. The SMILES string of the molecule is CCC(C)(C(O)c1c(Cl)cnn1C)N(C)C. The van der Waals surface area contributed by atoms with Crippen molar-refractivity contribution in [1.82, 2.24) is 14.7 Å². The summed E-state index contributed by atoms with van der Waals surface area (Å²) < 4.78 is 1.63. The molecule has 2 atom stereocenters. The van der Waals surface area contributed by atoms with Gasteiger partial charge >= 0.3 is 0 Å². The lowest BCUT2D eigenvalue weighted by Crippen LogP contribution is -2.46. The van der Waals surface area contributed by atoms with Crippen molar-refractivity contribution in [2.24, 2.45) is 7.05 Å². The molecule has 1 rings (SSSR count). The molecule has 1 aromatic rings. The molecule has 5 heteroatoms. The highest BCUT2D eigenvalue weighted by atomic mass is 35.5. The fourth-order valence-electron chi connectivity index (χ4n) is 1.78. The van der Waals surface area contributed by atoms with Gasteiger partial charge in [0.1, 0.15) is 6.10 Å². The van der Waals surface area contributed by atoms with Gasteiger partial charge < -0.3 is 10.0 Å². The van der Waals surface area contributed by atoms with E-state index in [1.165, 1.54) is 0 Å². The molecule has 92 valence electrons. The first kappa shape index (κ1) is 13.5. The lowest BCUT2D eigenvalue weighted by molar-refractivity contribution is -0.00382. The highest BCUT2D eigenvalue weighted by Gasteiger charge is 2.37. The first-order chi connectivity index (χ1) is 7.34. The highest BCUT2D eigenvalue weighted by molar-refractivity contribution is 6.31. The summed E-state index contributed by atoms with van der Waals surface area (Å²) in [7, 11) is 5.70. The third kappa shape index (κ3) is 2.10. The van der Waals surface area contributed by atoms with Crippen molar-refractivity contribution < 1.29 is 5.11 Å².